The maximum absolute atomic E-state index is 8.32. The zero-order chi connectivity index (χ0) is 9.10. The first-order chi connectivity index (χ1) is 6.40. The van der Waals surface area contributed by atoms with Crippen LogP contribution in [-0.4, -0.2) is 21.0 Å². The molecule has 0 aliphatic heterocycles. The molecular weight excluding hydrogens is 186 g/mol. The molecule has 0 radical (unpaired) electrons. The van der Waals surface area contributed by atoms with Crippen LogP contribution in [0, 0.1) is 0 Å². The van der Waals surface area contributed by atoms with E-state index >= 15 is 0 Å². The Labute approximate surface area is 78.8 Å². The van der Waals surface area contributed by atoms with Gasteiger partial charge in [0.05, 0.1) is 23.1 Å². The maximum atomic E-state index is 8.32. The molecule has 2 aromatic rings. The van der Waals surface area contributed by atoms with E-state index in [1.807, 2.05) is 22.2 Å². The molecule has 0 spiro atoms. The van der Waals surface area contributed by atoms with Gasteiger partial charge in [0.1, 0.15) is 0 Å². The highest BCUT2D eigenvalue weighted by atomic mass is 32.1. The molecule has 0 aliphatic rings. The Morgan fingerprint density at radius 1 is 1.62 bits per heavy atom. The van der Waals surface area contributed by atoms with Crippen molar-refractivity contribution in [2.45, 2.75) is 0 Å². The van der Waals surface area contributed by atoms with Gasteiger partial charge in [-0.2, -0.15) is 0 Å². The minimum Gasteiger partial charge on any atom is -0.411 e. The molecule has 5 heteroatoms. The van der Waals surface area contributed by atoms with Crippen molar-refractivity contribution in [1.82, 2.24) is 9.55 Å². The highest BCUT2D eigenvalue weighted by molar-refractivity contribution is 7.12. The SMILES string of the molecule is O/N=C/c1cc(-n2ccnc2)cs1. The lowest BCUT2D eigenvalue weighted by molar-refractivity contribution is 0.322. The van der Waals surface area contributed by atoms with Gasteiger partial charge in [-0.05, 0) is 6.07 Å². The van der Waals surface area contributed by atoms with E-state index in [-0.39, 0.29) is 0 Å². The van der Waals surface area contributed by atoms with Gasteiger partial charge in [0, 0.05) is 17.8 Å². The average molecular weight is 193 g/mol. The zero-order valence-electron chi connectivity index (χ0n) is 6.66. The Kier molecular flexibility index (Phi) is 2.09. The Hall–Kier alpha value is -1.62. The molecule has 0 unspecified atom stereocenters. The van der Waals surface area contributed by atoms with Crippen molar-refractivity contribution in [3.63, 3.8) is 0 Å². The summed E-state index contributed by atoms with van der Waals surface area (Å²) in [6, 6.07) is 1.92. The second-order valence-electron chi connectivity index (χ2n) is 2.42. The summed E-state index contributed by atoms with van der Waals surface area (Å²) in [5.41, 5.74) is 1.03. The zero-order valence-corrected chi connectivity index (χ0v) is 7.48. The van der Waals surface area contributed by atoms with Crippen molar-refractivity contribution in [3.8, 4) is 5.69 Å². The molecule has 0 amide bonds. The molecule has 66 valence electrons. The first kappa shape index (κ1) is 8.00. The van der Waals surface area contributed by atoms with Gasteiger partial charge in [-0.3, -0.25) is 0 Å². The lowest BCUT2D eigenvalue weighted by atomic mass is 10.4. The van der Waals surface area contributed by atoms with Gasteiger partial charge in [0.25, 0.3) is 0 Å². The second-order valence-corrected chi connectivity index (χ2v) is 3.36. The van der Waals surface area contributed by atoms with Crippen LogP contribution in [0.25, 0.3) is 5.69 Å². The summed E-state index contributed by atoms with van der Waals surface area (Å²) < 4.78 is 1.89. The number of hydrogen-bond donors (Lipinski definition) is 1. The molecule has 2 aromatic heterocycles. The summed E-state index contributed by atoms with van der Waals surface area (Å²) >= 11 is 1.51. The summed E-state index contributed by atoms with van der Waals surface area (Å²) in [7, 11) is 0. The third-order valence-electron chi connectivity index (χ3n) is 1.59. The van der Waals surface area contributed by atoms with E-state index in [0.29, 0.717) is 0 Å². The molecule has 0 fully saturated rings. The summed E-state index contributed by atoms with van der Waals surface area (Å²) in [6.45, 7) is 0. The van der Waals surface area contributed by atoms with Crippen molar-refractivity contribution in [3.05, 3.63) is 35.0 Å². The minimum absolute atomic E-state index is 0.909. The molecule has 1 N–H and O–H groups in total. The standard InChI is InChI=1S/C8H7N3OS/c12-10-4-8-3-7(5-13-8)11-2-1-9-6-11/h1-6,12H/b10-4+. The predicted molar refractivity (Wildman–Crippen MR) is 50.8 cm³/mol. The van der Waals surface area contributed by atoms with Crippen LogP contribution in [-0.2, 0) is 0 Å². The van der Waals surface area contributed by atoms with Crippen molar-refractivity contribution in [2.75, 3.05) is 0 Å². The highest BCUT2D eigenvalue weighted by Crippen LogP contribution is 2.16. The quantitative estimate of drug-likeness (QED) is 0.448. The van der Waals surface area contributed by atoms with Gasteiger partial charge >= 0.3 is 0 Å². The maximum Gasteiger partial charge on any atom is 0.0991 e. The molecular formula is C8H7N3OS. The molecule has 0 atom stereocenters. The Balaban J connectivity index is 2.33. The average Bonchev–Trinajstić information content (AvgIpc) is 2.70. The predicted octanol–water partition coefficient (Wildman–Crippen LogP) is 1.74. The Morgan fingerprint density at radius 2 is 2.54 bits per heavy atom. The van der Waals surface area contributed by atoms with Crippen LogP contribution in [0.4, 0.5) is 0 Å². The molecule has 4 nitrogen and oxygen atoms in total. The third kappa shape index (κ3) is 1.59. The van der Waals surface area contributed by atoms with Gasteiger partial charge in [0.2, 0.25) is 0 Å². The van der Waals surface area contributed by atoms with E-state index in [1.165, 1.54) is 17.6 Å². The normalized spacial score (nSPS) is 11.1. The summed E-state index contributed by atoms with van der Waals surface area (Å²) in [5, 5.41) is 13.2. The fourth-order valence-corrected chi connectivity index (χ4v) is 1.76. The summed E-state index contributed by atoms with van der Waals surface area (Å²) in [5.74, 6) is 0. The lowest BCUT2D eigenvalue weighted by Gasteiger charge is -1.93. The first-order valence-electron chi connectivity index (χ1n) is 3.64. The van der Waals surface area contributed by atoms with Gasteiger partial charge in [0.15, 0.2) is 0 Å². The lowest BCUT2D eigenvalue weighted by Crippen LogP contribution is -1.85. The summed E-state index contributed by atoms with van der Waals surface area (Å²) in [6.07, 6.45) is 6.71. The Bertz CT molecular complexity index is 405. The van der Waals surface area contributed by atoms with E-state index < -0.39 is 0 Å². The second kappa shape index (κ2) is 3.40. The largest absolute Gasteiger partial charge is 0.411 e. The minimum atomic E-state index is 0.909. The molecule has 0 saturated heterocycles. The van der Waals surface area contributed by atoms with Gasteiger partial charge < -0.3 is 9.77 Å². The van der Waals surface area contributed by atoms with Crippen LogP contribution in [0.15, 0.2) is 35.3 Å². The van der Waals surface area contributed by atoms with Gasteiger partial charge in [-0.15, -0.1) is 11.3 Å². The first-order valence-corrected chi connectivity index (χ1v) is 4.52. The number of oxime groups is 1. The number of thiophene rings is 1. The smallest absolute Gasteiger partial charge is 0.0991 e. The molecule has 0 aromatic carbocycles. The van der Waals surface area contributed by atoms with E-state index in [4.69, 9.17) is 5.21 Å². The third-order valence-corrected chi connectivity index (χ3v) is 2.45. The summed E-state index contributed by atoms with van der Waals surface area (Å²) in [4.78, 5) is 4.85. The molecule has 0 bridgehead atoms. The van der Waals surface area contributed by atoms with Crippen LogP contribution >= 0.6 is 11.3 Å². The number of hydrogen-bond acceptors (Lipinski definition) is 4. The van der Waals surface area contributed by atoms with Crippen molar-refractivity contribution >= 4 is 17.6 Å². The molecule has 2 rings (SSSR count). The molecule has 2 heterocycles. The molecule has 0 aliphatic carbocycles. The van der Waals surface area contributed by atoms with Crippen molar-refractivity contribution < 1.29 is 5.21 Å². The van der Waals surface area contributed by atoms with Gasteiger partial charge in [-0.1, -0.05) is 5.16 Å². The molecule has 13 heavy (non-hydrogen) atoms. The van der Waals surface area contributed by atoms with Crippen LogP contribution in [0.5, 0.6) is 0 Å². The fraction of sp³-hybridized carbons (Fsp3) is 0. The topological polar surface area (TPSA) is 50.4 Å². The van der Waals surface area contributed by atoms with E-state index in [2.05, 4.69) is 10.1 Å². The fourth-order valence-electron chi connectivity index (χ4n) is 1.01. The molecule has 0 saturated carbocycles. The van der Waals surface area contributed by atoms with Crippen LogP contribution in [0.3, 0.4) is 0 Å². The number of rotatable bonds is 2. The number of nitrogens with zero attached hydrogens (tertiary/aromatic N) is 3. The number of aromatic nitrogens is 2. The van der Waals surface area contributed by atoms with Gasteiger partial charge in [-0.25, -0.2) is 4.98 Å². The van der Waals surface area contributed by atoms with Crippen molar-refractivity contribution in [1.29, 1.82) is 0 Å². The van der Waals surface area contributed by atoms with Crippen LogP contribution in [0.1, 0.15) is 4.88 Å². The Morgan fingerprint density at radius 3 is 3.23 bits per heavy atom. The van der Waals surface area contributed by atoms with E-state index in [0.717, 1.165) is 10.6 Å². The number of imidazole rings is 1. The van der Waals surface area contributed by atoms with Crippen LogP contribution in [0.2, 0.25) is 0 Å². The monoisotopic (exact) mass is 193 g/mol. The van der Waals surface area contributed by atoms with E-state index in [9.17, 15) is 0 Å². The highest BCUT2D eigenvalue weighted by Gasteiger charge is 1.98. The van der Waals surface area contributed by atoms with Crippen molar-refractivity contribution in [2.24, 2.45) is 5.16 Å². The van der Waals surface area contributed by atoms with Crippen LogP contribution < -0.4 is 0 Å². The van der Waals surface area contributed by atoms with E-state index in [1.54, 1.807) is 12.5 Å².